The van der Waals surface area contributed by atoms with Gasteiger partial charge in [-0.05, 0) is 48.9 Å². The summed E-state index contributed by atoms with van der Waals surface area (Å²) in [4.78, 5) is 48.7. The van der Waals surface area contributed by atoms with Crippen LogP contribution in [0.25, 0.3) is 0 Å². The molecule has 0 saturated heterocycles. The lowest BCUT2D eigenvalue weighted by Gasteiger charge is -2.16. The van der Waals surface area contributed by atoms with Crippen LogP contribution in [0.5, 0.6) is 0 Å². The molecular formula is C19H21N3O5. The molecule has 0 fully saturated rings. The molecule has 0 atom stereocenters. The van der Waals surface area contributed by atoms with E-state index < -0.39 is 29.6 Å². The Bertz CT molecular complexity index is 1050. The molecule has 1 aromatic carbocycles. The van der Waals surface area contributed by atoms with Crippen molar-refractivity contribution >= 4 is 17.6 Å². The minimum atomic E-state index is -0.814. The molecule has 1 aliphatic rings. The molecule has 1 heterocycles. The highest BCUT2D eigenvalue weighted by Crippen LogP contribution is 2.22. The van der Waals surface area contributed by atoms with Gasteiger partial charge in [-0.1, -0.05) is 6.07 Å². The molecule has 0 aliphatic heterocycles. The van der Waals surface area contributed by atoms with Crippen molar-refractivity contribution in [3.63, 3.8) is 0 Å². The number of anilines is 1. The molecule has 2 aromatic rings. The predicted octanol–water partition coefficient (Wildman–Crippen LogP) is 0.585. The molecule has 0 spiro atoms. The van der Waals surface area contributed by atoms with Crippen molar-refractivity contribution in [2.45, 2.75) is 25.7 Å². The zero-order valence-electron chi connectivity index (χ0n) is 15.3. The van der Waals surface area contributed by atoms with Gasteiger partial charge in [-0.3, -0.25) is 18.7 Å². The van der Waals surface area contributed by atoms with Gasteiger partial charge >= 0.3 is 11.7 Å². The number of hydrogen-bond donors (Lipinski definition) is 1. The lowest BCUT2D eigenvalue weighted by atomic mass is 9.90. The molecule has 8 heteroatoms. The van der Waals surface area contributed by atoms with E-state index in [1.54, 1.807) is 12.1 Å². The average Bonchev–Trinajstić information content (AvgIpc) is 2.68. The second-order valence-corrected chi connectivity index (χ2v) is 6.66. The minimum Gasteiger partial charge on any atom is -0.454 e. The third-order valence-electron chi connectivity index (χ3n) is 4.91. The van der Waals surface area contributed by atoms with Gasteiger partial charge in [0, 0.05) is 14.1 Å². The van der Waals surface area contributed by atoms with E-state index in [0.29, 0.717) is 5.56 Å². The predicted molar refractivity (Wildman–Crippen MR) is 99.0 cm³/mol. The van der Waals surface area contributed by atoms with Gasteiger partial charge < -0.3 is 10.5 Å². The number of aryl methyl sites for hydroxylation is 2. The number of ether oxygens (including phenoxy) is 1. The Morgan fingerprint density at radius 1 is 1.07 bits per heavy atom. The first-order valence-corrected chi connectivity index (χ1v) is 8.69. The number of nitrogens with zero attached hydrogens (tertiary/aromatic N) is 2. The van der Waals surface area contributed by atoms with Crippen LogP contribution in [0.3, 0.4) is 0 Å². The molecule has 0 amide bonds. The quantitative estimate of drug-likeness (QED) is 0.621. The molecule has 3 rings (SSSR count). The number of fused-ring (bicyclic) bond motifs is 1. The molecule has 1 aliphatic carbocycles. The SMILES string of the molecule is Cn1c(N)c(C(=O)COC(=O)c2ccc3c(c2)CCCC3)c(=O)n(C)c1=O. The number of hydrogen-bond acceptors (Lipinski definition) is 6. The third-order valence-corrected chi connectivity index (χ3v) is 4.91. The highest BCUT2D eigenvalue weighted by molar-refractivity contribution is 6.02. The van der Waals surface area contributed by atoms with Gasteiger partial charge in [0.15, 0.2) is 6.61 Å². The van der Waals surface area contributed by atoms with Crippen LogP contribution in [0.4, 0.5) is 5.82 Å². The second-order valence-electron chi connectivity index (χ2n) is 6.66. The summed E-state index contributed by atoms with van der Waals surface area (Å²) in [6.45, 7) is -0.631. The highest BCUT2D eigenvalue weighted by atomic mass is 16.5. The van der Waals surface area contributed by atoms with E-state index in [2.05, 4.69) is 0 Å². The zero-order chi connectivity index (χ0) is 19.7. The molecule has 27 heavy (non-hydrogen) atoms. The number of benzene rings is 1. The van der Waals surface area contributed by atoms with Gasteiger partial charge in [0.25, 0.3) is 5.56 Å². The summed E-state index contributed by atoms with van der Waals surface area (Å²) in [5.41, 5.74) is 6.64. The van der Waals surface area contributed by atoms with E-state index in [1.165, 1.54) is 19.7 Å². The monoisotopic (exact) mass is 371 g/mol. The smallest absolute Gasteiger partial charge is 0.338 e. The lowest BCUT2D eigenvalue weighted by molar-refractivity contribution is 0.0474. The minimum absolute atomic E-state index is 0.252. The van der Waals surface area contributed by atoms with E-state index in [1.807, 2.05) is 6.07 Å². The first-order valence-electron chi connectivity index (χ1n) is 8.69. The van der Waals surface area contributed by atoms with Crippen molar-refractivity contribution in [2.24, 2.45) is 14.1 Å². The Kier molecular flexibility index (Phi) is 4.98. The van der Waals surface area contributed by atoms with Gasteiger partial charge in [0.05, 0.1) is 5.56 Å². The summed E-state index contributed by atoms with van der Waals surface area (Å²) in [7, 11) is 2.60. The Hall–Kier alpha value is -3.16. The van der Waals surface area contributed by atoms with Gasteiger partial charge in [0.2, 0.25) is 5.78 Å². The zero-order valence-corrected chi connectivity index (χ0v) is 15.3. The van der Waals surface area contributed by atoms with E-state index in [-0.39, 0.29) is 11.4 Å². The Balaban J connectivity index is 1.78. The van der Waals surface area contributed by atoms with Crippen LogP contribution in [0.15, 0.2) is 27.8 Å². The Morgan fingerprint density at radius 3 is 2.44 bits per heavy atom. The Labute approximate surface area is 155 Å². The third kappa shape index (κ3) is 3.42. The topological polar surface area (TPSA) is 113 Å². The fourth-order valence-corrected chi connectivity index (χ4v) is 3.27. The number of Topliss-reactive ketones (excluding diaryl/α,β-unsaturated/α-hetero) is 1. The van der Waals surface area contributed by atoms with Gasteiger partial charge in [-0.15, -0.1) is 0 Å². The number of aromatic nitrogens is 2. The standard InChI is InChI=1S/C19H21N3O5/c1-21-16(20)15(17(24)22(2)19(21)26)14(23)10-27-18(25)13-8-7-11-5-3-4-6-12(11)9-13/h7-9H,3-6,10,20H2,1-2H3. The van der Waals surface area contributed by atoms with Crippen molar-refractivity contribution in [1.82, 2.24) is 9.13 Å². The molecule has 142 valence electrons. The number of carbonyl (C=O) groups is 2. The largest absolute Gasteiger partial charge is 0.454 e. The van der Waals surface area contributed by atoms with Crippen LogP contribution in [0.2, 0.25) is 0 Å². The number of esters is 1. The average molecular weight is 371 g/mol. The van der Waals surface area contributed by atoms with Crippen LogP contribution in [-0.4, -0.2) is 27.5 Å². The van der Waals surface area contributed by atoms with Crippen molar-refractivity contribution in [2.75, 3.05) is 12.3 Å². The first-order chi connectivity index (χ1) is 12.8. The van der Waals surface area contributed by atoms with E-state index >= 15 is 0 Å². The van der Waals surface area contributed by atoms with Crippen LogP contribution < -0.4 is 17.0 Å². The van der Waals surface area contributed by atoms with Crippen molar-refractivity contribution in [3.8, 4) is 0 Å². The molecular weight excluding hydrogens is 350 g/mol. The molecule has 2 N–H and O–H groups in total. The fraction of sp³-hybridized carbons (Fsp3) is 0.368. The van der Waals surface area contributed by atoms with Crippen molar-refractivity contribution in [1.29, 1.82) is 0 Å². The number of nitrogen functional groups attached to an aromatic ring is 1. The van der Waals surface area contributed by atoms with Crippen LogP contribution in [-0.2, 0) is 31.7 Å². The number of nitrogens with two attached hydrogens (primary N) is 1. The second kappa shape index (κ2) is 7.22. The summed E-state index contributed by atoms with van der Waals surface area (Å²) in [6, 6.07) is 5.38. The Morgan fingerprint density at radius 2 is 1.74 bits per heavy atom. The molecule has 0 saturated carbocycles. The summed E-state index contributed by atoms with van der Waals surface area (Å²) < 4.78 is 6.86. The van der Waals surface area contributed by atoms with Crippen LogP contribution in [0, 0.1) is 0 Å². The van der Waals surface area contributed by atoms with E-state index in [4.69, 9.17) is 10.5 Å². The van der Waals surface area contributed by atoms with Gasteiger partial charge in [-0.2, -0.15) is 0 Å². The molecule has 0 radical (unpaired) electrons. The van der Waals surface area contributed by atoms with Crippen molar-refractivity contribution in [3.05, 3.63) is 61.3 Å². The molecule has 0 unspecified atom stereocenters. The first kappa shape index (κ1) is 18.6. The molecule has 0 bridgehead atoms. The van der Waals surface area contributed by atoms with E-state index in [0.717, 1.165) is 40.4 Å². The van der Waals surface area contributed by atoms with E-state index in [9.17, 15) is 19.2 Å². The highest BCUT2D eigenvalue weighted by Gasteiger charge is 2.22. The van der Waals surface area contributed by atoms with Crippen LogP contribution >= 0.6 is 0 Å². The van der Waals surface area contributed by atoms with Crippen molar-refractivity contribution < 1.29 is 14.3 Å². The lowest BCUT2D eigenvalue weighted by Crippen LogP contribution is -2.42. The summed E-state index contributed by atoms with van der Waals surface area (Å²) in [5, 5.41) is 0. The maximum absolute atomic E-state index is 12.4. The maximum atomic E-state index is 12.4. The molecule has 8 nitrogen and oxygen atoms in total. The molecule has 1 aromatic heterocycles. The number of ketones is 1. The maximum Gasteiger partial charge on any atom is 0.338 e. The van der Waals surface area contributed by atoms with Gasteiger partial charge in [0.1, 0.15) is 11.4 Å². The number of carbonyl (C=O) groups excluding carboxylic acids is 2. The summed E-state index contributed by atoms with van der Waals surface area (Å²) in [6.07, 6.45) is 4.14. The van der Waals surface area contributed by atoms with Gasteiger partial charge in [-0.25, -0.2) is 9.59 Å². The summed E-state index contributed by atoms with van der Waals surface area (Å²) in [5.74, 6) is -1.65. The van der Waals surface area contributed by atoms with Crippen LogP contribution in [0.1, 0.15) is 44.7 Å². The summed E-state index contributed by atoms with van der Waals surface area (Å²) >= 11 is 0. The normalized spacial score (nSPS) is 13.1. The fourth-order valence-electron chi connectivity index (χ4n) is 3.27. The number of rotatable bonds is 4.